The van der Waals surface area contributed by atoms with Crippen LogP contribution in [-0.4, -0.2) is 28.3 Å². The van der Waals surface area contributed by atoms with E-state index in [0.717, 1.165) is 25.2 Å². The van der Waals surface area contributed by atoms with Crippen LogP contribution < -0.4 is 0 Å². The number of rotatable bonds is 9. The highest BCUT2D eigenvalue weighted by Gasteiger charge is 2.50. The molecule has 0 amide bonds. The first-order chi connectivity index (χ1) is 18.7. The normalized spacial score (nSPS) is 32.1. The second-order valence-electron chi connectivity index (χ2n) is 17.2. The van der Waals surface area contributed by atoms with Crippen molar-refractivity contribution in [3.05, 3.63) is 47.6 Å². The molecular weight excluding hydrogens is 533 g/mol. The lowest BCUT2D eigenvalue weighted by atomic mass is 9.61. The fourth-order valence-electron chi connectivity index (χ4n) is 7.81. The van der Waals surface area contributed by atoms with E-state index in [-0.39, 0.29) is 10.6 Å². The molecule has 0 saturated heterocycles. The third-order valence-electron chi connectivity index (χ3n) is 11.5. The van der Waals surface area contributed by atoms with Crippen LogP contribution in [-0.2, 0) is 8.85 Å². The minimum atomic E-state index is -1.76. The minimum Gasteiger partial charge on any atom is -0.414 e. The van der Waals surface area contributed by atoms with Gasteiger partial charge in [0.05, 0.1) is 5.60 Å². The topological polar surface area (TPSA) is 18.5 Å². The summed E-state index contributed by atoms with van der Waals surface area (Å²) in [6, 6.07) is 0. The van der Waals surface area contributed by atoms with Gasteiger partial charge in [-0.25, -0.2) is 0 Å². The van der Waals surface area contributed by atoms with Crippen molar-refractivity contribution in [2.24, 2.45) is 29.1 Å². The summed E-state index contributed by atoms with van der Waals surface area (Å²) >= 11 is 0. The molecule has 3 aliphatic rings. The van der Waals surface area contributed by atoms with Gasteiger partial charge in [-0.2, -0.15) is 0 Å². The molecule has 6 atom stereocenters. The first-order valence-corrected chi connectivity index (χ1v) is 23.1. The van der Waals surface area contributed by atoms with Crippen LogP contribution in [0.3, 0.4) is 0 Å². The van der Waals surface area contributed by atoms with Gasteiger partial charge in [-0.3, -0.25) is 0 Å². The first-order valence-electron chi connectivity index (χ1n) is 16.8. The molecule has 3 saturated carbocycles. The van der Waals surface area contributed by atoms with Crippen LogP contribution in [0.2, 0.25) is 37.8 Å². The van der Waals surface area contributed by atoms with Crippen molar-refractivity contribution in [2.75, 3.05) is 0 Å². The average molecular weight is 599 g/mol. The third-order valence-corrected chi connectivity index (χ3v) is 17.2. The Morgan fingerprint density at radius 1 is 0.927 bits per heavy atom. The second kappa shape index (κ2) is 12.7. The maximum atomic E-state index is 6.85. The fourth-order valence-corrected chi connectivity index (χ4v) is 11.0. The highest BCUT2D eigenvalue weighted by Crippen LogP contribution is 2.59. The van der Waals surface area contributed by atoms with Crippen LogP contribution >= 0.6 is 0 Å². The van der Waals surface area contributed by atoms with Gasteiger partial charge in [0.2, 0.25) is 0 Å². The lowest BCUT2D eigenvalue weighted by Gasteiger charge is -2.44. The Morgan fingerprint density at radius 3 is 2.20 bits per heavy atom. The van der Waals surface area contributed by atoms with E-state index in [1.807, 2.05) is 0 Å². The van der Waals surface area contributed by atoms with Gasteiger partial charge in [0.15, 0.2) is 16.6 Å². The van der Waals surface area contributed by atoms with Gasteiger partial charge in [-0.1, -0.05) is 83.6 Å². The molecule has 0 aliphatic heterocycles. The van der Waals surface area contributed by atoms with Gasteiger partial charge >= 0.3 is 0 Å². The molecule has 0 aromatic rings. The Balaban J connectivity index is 1.72. The van der Waals surface area contributed by atoms with Crippen LogP contribution in [0.4, 0.5) is 0 Å². The molecule has 4 heteroatoms. The largest absolute Gasteiger partial charge is 0.414 e. The number of fused-ring (bicyclic) bond motifs is 1. The Morgan fingerprint density at radius 2 is 1.59 bits per heavy atom. The summed E-state index contributed by atoms with van der Waals surface area (Å²) in [4.78, 5) is 0. The van der Waals surface area contributed by atoms with Crippen LogP contribution in [0, 0.1) is 29.1 Å². The molecule has 41 heavy (non-hydrogen) atoms. The van der Waals surface area contributed by atoms with E-state index < -0.39 is 16.6 Å². The van der Waals surface area contributed by atoms with Crippen molar-refractivity contribution in [2.45, 2.75) is 156 Å². The van der Waals surface area contributed by atoms with Crippen molar-refractivity contribution in [3.63, 3.8) is 0 Å². The van der Waals surface area contributed by atoms with Gasteiger partial charge in [0.1, 0.15) is 0 Å². The maximum Gasteiger partial charge on any atom is 0.192 e. The zero-order chi connectivity index (χ0) is 31.0. The Hall–Kier alpha value is -0.686. The van der Waals surface area contributed by atoms with E-state index in [1.165, 1.54) is 43.3 Å². The molecule has 3 fully saturated rings. The van der Waals surface area contributed by atoms with Crippen LogP contribution in [0.25, 0.3) is 0 Å². The van der Waals surface area contributed by atoms with E-state index in [0.29, 0.717) is 29.3 Å². The quantitative estimate of drug-likeness (QED) is 0.194. The summed E-state index contributed by atoms with van der Waals surface area (Å²) in [5.74, 6) is 2.47. The zero-order valence-corrected chi connectivity index (χ0v) is 31.4. The molecule has 0 aromatic heterocycles. The fraction of sp³-hybridized carbons (Fsp3) is 0.784. The molecule has 0 radical (unpaired) electrons. The van der Waals surface area contributed by atoms with Crippen LogP contribution in [0.5, 0.6) is 0 Å². The molecule has 2 nitrogen and oxygen atoms in total. The summed E-state index contributed by atoms with van der Waals surface area (Å²) in [6.45, 7) is 35.1. The van der Waals surface area contributed by atoms with Gasteiger partial charge in [0, 0.05) is 12.0 Å². The van der Waals surface area contributed by atoms with E-state index in [9.17, 15) is 0 Å². The van der Waals surface area contributed by atoms with E-state index in [1.54, 1.807) is 5.57 Å². The second-order valence-corrected chi connectivity index (χ2v) is 26.4. The molecule has 234 valence electrons. The van der Waals surface area contributed by atoms with E-state index in [4.69, 9.17) is 8.85 Å². The molecule has 0 aromatic carbocycles. The zero-order valence-electron chi connectivity index (χ0n) is 29.4. The molecular formula is C37H66O2Si2. The Bertz CT molecular complexity index is 1020. The van der Waals surface area contributed by atoms with Crippen molar-refractivity contribution >= 4 is 16.6 Å². The molecule has 0 bridgehead atoms. The van der Waals surface area contributed by atoms with Crippen LogP contribution in [0.1, 0.15) is 107 Å². The molecule has 1 unspecified atom stereocenters. The van der Waals surface area contributed by atoms with Gasteiger partial charge in [0.25, 0.3) is 0 Å². The van der Waals surface area contributed by atoms with Gasteiger partial charge in [-0.05, 0) is 132 Å². The number of hydrogen-bond acceptors (Lipinski definition) is 2. The first kappa shape index (κ1) is 34.8. The van der Waals surface area contributed by atoms with E-state index >= 15 is 0 Å². The molecule has 0 heterocycles. The molecule has 0 spiro atoms. The highest BCUT2D eigenvalue weighted by atomic mass is 28.4. The highest BCUT2D eigenvalue weighted by molar-refractivity contribution is 6.74. The minimum absolute atomic E-state index is 0.116. The van der Waals surface area contributed by atoms with Gasteiger partial charge < -0.3 is 8.85 Å². The van der Waals surface area contributed by atoms with Crippen molar-refractivity contribution in [1.29, 1.82) is 0 Å². The lowest BCUT2D eigenvalue weighted by Crippen LogP contribution is -2.44. The summed E-state index contributed by atoms with van der Waals surface area (Å²) in [7, 11) is -3.35. The molecule has 3 rings (SSSR count). The van der Waals surface area contributed by atoms with Crippen molar-refractivity contribution in [3.8, 4) is 0 Å². The summed E-state index contributed by atoms with van der Waals surface area (Å²) in [5.41, 5.74) is 4.74. The third kappa shape index (κ3) is 8.49. The SMILES string of the molecule is C=C1CC[C@H](O[Si](C)(C)C(C)(C)C)C/C1=C/C=C1\CCC[C@]2(C)[C@@H]([C@H](C)/C=C\C(C)C(C)(C)O[Si](C)(C)C)CC[C@@H]12. The summed E-state index contributed by atoms with van der Waals surface area (Å²) in [6.07, 6.45) is 20.2. The van der Waals surface area contributed by atoms with Crippen molar-refractivity contribution in [1.82, 2.24) is 0 Å². The summed E-state index contributed by atoms with van der Waals surface area (Å²) < 4.78 is 13.4. The average Bonchev–Trinajstić information content (AvgIpc) is 3.17. The Kier molecular flexibility index (Phi) is 10.8. The Labute approximate surface area is 257 Å². The number of hydrogen-bond donors (Lipinski definition) is 0. The predicted molar refractivity (Wildman–Crippen MR) is 185 cm³/mol. The van der Waals surface area contributed by atoms with E-state index in [2.05, 4.69) is 119 Å². The lowest BCUT2D eigenvalue weighted by molar-refractivity contribution is 0.0632. The summed E-state index contributed by atoms with van der Waals surface area (Å²) in [5, 5.41) is 0.251. The monoisotopic (exact) mass is 598 g/mol. The van der Waals surface area contributed by atoms with Gasteiger partial charge in [-0.15, -0.1) is 0 Å². The van der Waals surface area contributed by atoms with Crippen LogP contribution in [0.15, 0.2) is 47.6 Å². The standard InChI is InChI=1S/C37H66O2Si2/c1-27-18-22-32(38-41(13,14)35(4,5)6)26-31(27)21-20-30-16-15-25-37(9)33(23-24-34(30)37)28(2)17-19-29(3)36(7,8)39-40(10,11)12/h17,19-21,28-29,32-34H,1,15-16,18,22-26H2,2-14H3/b19-17-,30-20+,31-21-/t28-,29?,32+,33-,34+,37-/m1/s1. The predicted octanol–water partition coefficient (Wildman–Crippen LogP) is 11.6. The molecule has 3 aliphatic carbocycles. The smallest absolute Gasteiger partial charge is 0.192 e. The number of allylic oxidation sites excluding steroid dienone is 5. The van der Waals surface area contributed by atoms with Crippen molar-refractivity contribution < 1.29 is 8.85 Å². The molecule has 0 N–H and O–H groups in total. The maximum absolute atomic E-state index is 6.85.